The lowest BCUT2D eigenvalue weighted by Crippen LogP contribution is -2.19. The van der Waals surface area contributed by atoms with Gasteiger partial charge < -0.3 is 15.8 Å². The first kappa shape index (κ1) is 17.7. The molecule has 0 saturated carbocycles. The van der Waals surface area contributed by atoms with Crippen LogP contribution in [0.2, 0.25) is 0 Å². The molecule has 134 valence electrons. The summed E-state index contributed by atoms with van der Waals surface area (Å²) in [6, 6.07) is 19.7. The Morgan fingerprint density at radius 3 is 2.50 bits per heavy atom. The lowest BCUT2D eigenvalue weighted by Gasteiger charge is -2.17. The lowest BCUT2D eigenvalue weighted by atomic mass is 10.2. The Morgan fingerprint density at radius 2 is 1.73 bits per heavy atom. The van der Waals surface area contributed by atoms with E-state index in [1.54, 1.807) is 13.2 Å². The second-order valence-corrected chi connectivity index (χ2v) is 6.08. The molecule has 0 bridgehead atoms. The molecule has 0 fully saturated rings. The fourth-order valence-electron chi connectivity index (χ4n) is 2.73. The Hall–Kier alpha value is -3.12. The molecular weight excluding hydrogens is 326 g/mol. The van der Waals surface area contributed by atoms with Crippen molar-refractivity contribution in [2.45, 2.75) is 13.1 Å². The zero-order chi connectivity index (χ0) is 18.4. The summed E-state index contributed by atoms with van der Waals surface area (Å²) in [6.45, 7) is 1.41. The van der Waals surface area contributed by atoms with Crippen molar-refractivity contribution in [2.75, 3.05) is 25.2 Å². The van der Waals surface area contributed by atoms with Gasteiger partial charge in [-0.3, -0.25) is 4.90 Å². The van der Waals surface area contributed by atoms with Crippen LogP contribution in [0, 0.1) is 0 Å². The van der Waals surface area contributed by atoms with Gasteiger partial charge in [-0.1, -0.05) is 42.5 Å². The number of nitrogens with zero attached hydrogens (tertiary/aromatic N) is 3. The molecule has 0 unspecified atom stereocenters. The number of methoxy groups -OCH3 is 1. The first-order valence-electron chi connectivity index (χ1n) is 8.40. The highest BCUT2D eigenvalue weighted by atomic mass is 16.5. The van der Waals surface area contributed by atoms with Crippen LogP contribution in [-0.4, -0.2) is 29.0 Å². The third-order valence-electron chi connectivity index (χ3n) is 3.87. The highest BCUT2D eigenvalue weighted by Gasteiger charge is 2.09. The number of nitrogens with two attached hydrogens (primary N) is 1. The Morgan fingerprint density at radius 1 is 1.00 bits per heavy atom. The standard InChI is InChI=1S/C20H23N5O/c1-25(13-15-8-4-3-5-9-15)14-20-23-18(21)12-19(24-20)22-16-10-6-7-11-17(16)26-2/h3-12H,13-14H2,1-2H3,(H3,21,22,23,24). The molecule has 0 radical (unpaired) electrons. The molecule has 1 heterocycles. The van der Waals surface area contributed by atoms with Crippen LogP contribution < -0.4 is 15.8 Å². The van der Waals surface area contributed by atoms with Gasteiger partial charge in [-0.15, -0.1) is 0 Å². The van der Waals surface area contributed by atoms with Crippen LogP contribution in [0.25, 0.3) is 0 Å². The van der Waals surface area contributed by atoms with Crippen LogP contribution in [0.5, 0.6) is 5.75 Å². The number of aromatic nitrogens is 2. The largest absolute Gasteiger partial charge is 0.495 e. The minimum Gasteiger partial charge on any atom is -0.495 e. The van der Waals surface area contributed by atoms with Gasteiger partial charge in [-0.2, -0.15) is 0 Å². The number of nitrogen functional groups attached to an aromatic ring is 1. The van der Waals surface area contributed by atoms with Gasteiger partial charge in [-0.05, 0) is 24.7 Å². The first-order valence-corrected chi connectivity index (χ1v) is 8.40. The molecule has 6 nitrogen and oxygen atoms in total. The maximum atomic E-state index is 5.97. The average molecular weight is 349 g/mol. The van der Waals surface area contributed by atoms with Crippen molar-refractivity contribution < 1.29 is 4.74 Å². The number of ether oxygens (including phenoxy) is 1. The summed E-state index contributed by atoms with van der Waals surface area (Å²) < 4.78 is 5.36. The van der Waals surface area contributed by atoms with Crippen molar-refractivity contribution in [2.24, 2.45) is 0 Å². The minimum atomic E-state index is 0.431. The fourth-order valence-corrected chi connectivity index (χ4v) is 2.73. The van der Waals surface area contributed by atoms with Crippen LogP contribution in [0.4, 0.5) is 17.3 Å². The Balaban J connectivity index is 1.73. The molecule has 0 saturated heterocycles. The molecule has 0 amide bonds. The number of rotatable bonds is 7. The van der Waals surface area contributed by atoms with Crippen LogP contribution >= 0.6 is 0 Å². The molecule has 3 aromatic rings. The molecule has 0 aliphatic heterocycles. The summed E-state index contributed by atoms with van der Waals surface area (Å²) in [6.07, 6.45) is 0. The molecule has 26 heavy (non-hydrogen) atoms. The monoisotopic (exact) mass is 349 g/mol. The Bertz CT molecular complexity index is 854. The molecule has 3 rings (SSSR count). The van der Waals surface area contributed by atoms with Gasteiger partial charge in [0.2, 0.25) is 0 Å². The number of benzene rings is 2. The number of anilines is 3. The van der Waals surface area contributed by atoms with Crippen molar-refractivity contribution in [1.82, 2.24) is 14.9 Å². The van der Waals surface area contributed by atoms with E-state index in [0.717, 1.165) is 18.0 Å². The molecule has 0 aliphatic carbocycles. The van der Waals surface area contributed by atoms with Gasteiger partial charge in [0, 0.05) is 12.6 Å². The van der Waals surface area contributed by atoms with E-state index in [2.05, 4.69) is 32.3 Å². The Kier molecular flexibility index (Phi) is 5.66. The van der Waals surface area contributed by atoms with Crippen molar-refractivity contribution in [3.05, 3.63) is 72.1 Å². The summed E-state index contributed by atoms with van der Waals surface area (Å²) in [4.78, 5) is 11.1. The summed E-state index contributed by atoms with van der Waals surface area (Å²) >= 11 is 0. The maximum absolute atomic E-state index is 5.97. The predicted octanol–water partition coefficient (Wildman–Crippen LogP) is 3.44. The second-order valence-electron chi connectivity index (χ2n) is 6.08. The van der Waals surface area contributed by atoms with E-state index >= 15 is 0 Å². The van der Waals surface area contributed by atoms with E-state index in [4.69, 9.17) is 10.5 Å². The topological polar surface area (TPSA) is 76.3 Å². The molecule has 0 atom stereocenters. The Labute approximate surface area is 153 Å². The van der Waals surface area contributed by atoms with Gasteiger partial charge in [0.05, 0.1) is 19.3 Å². The summed E-state index contributed by atoms with van der Waals surface area (Å²) in [5.41, 5.74) is 8.04. The van der Waals surface area contributed by atoms with E-state index in [-0.39, 0.29) is 0 Å². The minimum absolute atomic E-state index is 0.431. The molecule has 3 N–H and O–H groups in total. The summed E-state index contributed by atoms with van der Waals surface area (Å²) in [5, 5.41) is 3.25. The quantitative estimate of drug-likeness (QED) is 0.680. The highest BCUT2D eigenvalue weighted by Crippen LogP contribution is 2.26. The van der Waals surface area contributed by atoms with Gasteiger partial charge in [0.1, 0.15) is 23.2 Å². The van der Waals surface area contributed by atoms with E-state index in [1.807, 2.05) is 49.5 Å². The van der Waals surface area contributed by atoms with Gasteiger partial charge in [0.25, 0.3) is 0 Å². The van der Waals surface area contributed by atoms with Crippen LogP contribution in [0.3, 0.4) is 0 Å². The van der Waals surface area contributed by atoms with E-state index in [1.165, 1.54) is 5.56 Å². The average Bonchev–Trinajstić information content (AvgIpc) is 2.62. The zero-order valence-corrected chi connectivity index (χ0v) is 15.0. The van der Waals surface area contributed by atoms with Crippen LogP contribution in [0.15, 0.2) is 60.7 Å². The molecule has 6 heteroatoms. The van der Waals surface area contributed by atoms with Gasteiger partial charge in [-0.25, -0.2) is 9.97 Å². The van der Waals surface area contributed by atoms with Crippen molar-refractivity contribution in [3.63, 3.8) is 0 Å². The molecule has 0 aliphatic rings. The maximum Gasteiger partial charge on any atom is 0.147 e. The number of nitrogens with one attached hydrogen (secondary N) is 1. The smallest absolute Gasteiger partial charge is 0.147 e. The molecule has 1 aromatic heterocycles. The van der Waals surface area contributed by atoms with E-state index in [0.29, 0.717) is 24.0 Å². The number of hydrogen-bond acceptors (Lipinski definition) is 6. The summed E-state index contributed by atoms with van der Waals surface area (Å²) in [5.74, 6) is 2.49. The molecular formula is C20H23N5O. The SMILES string of the molecule is COc1ccccc1Nc1cc(N)nc(CN(C)Cc2ccccc2)n1. The van der Waals surface area contributed by atoms with Crippen molar-refractivity contribution in [3.8, 4) is 5.75 Å². The first-order chi connectivity index (χ1) is 12.6. The number of hydrogen-bond donors (Lipinski definition) is 2. The third-order valence-corrected chi connectivity index (χ3v) is 3.87. The van der Waals surface area contributed by atoms with Gasteiger partial charge in [0.15, 0.2) is 0 Å². The second kappa shape index (κ2) is 8.31. The lowest BCUT2D eigenvalue weighted by molar-refractivity contribution is 0.311. The normalized spacial score (nSPS) is 10.7. The summed E-state index contributed by atoms with van der Waals surface area (Å²) in [7, 11) is 3.67. The fraction of sp³-hybridized carbons (Fsp3) is 0.200. The van der Waals surface area contributed by atoms with Gasteiger partial charge >= 0.3 is 0 Å². The van der Waals surface area contributed by atoms with Crippen LogP contribution in [-0.2, 0) is 13.1 Å². The highest BCUT2D eigenvalue weighted by molar-refractivity contribution is 5.65. The number of para-hydroxylation sites is 2. The van der Waals surface area contributed by atoms with Crippen molar-refractivity contribution >= 4 is 17.3 Å². The molecule has 0 spiro atoms. The van der Waals surface area contributed by atoms with E-state index in [9.17, 15) is 0 Å². The van der Waals surface area contributed by atoms with E-state index < -0.39 is 0 Å². The van der Waals surface area contributed by atoms with Crippen LogP contribution in [0.1, 0.15) is 11.4 Å². The predicted molar refractivity (Wildman–Crippen MR) is 104 cm³/mol. The zero-order valence-electron chi connectivity index (χ0n) is 15.0. The molecule has 2 aromatic carbocycles. The third kappa shape index (κ3) is 4.70. The van der Waals surface area contributed by atoms with Crippen molar-refractivity contribution in [1.29, 1.82) is 0 Å².